The van der Waals surface area contributed by atoms with Gasteiger partial charge >= 0.3 is 6.03 Å². The summed E-state index contributed by atoms with van der Waals surface area (Å²) in [6.07, 6.45) is 0.206. The molecule has 4 atom stereocenters. The van der Waals surface area contributed by atoms with E-state index in [1.165, 1.54) is 71.5 Å². The summed E-state index contributed by atoms with van der Waals surface area (Å²) in [5, 5.41) is 35.4. The maximum atomic E-state index is 17.1. The lowest BCUT2D eigenvalue weighted by molar-refractivity contribution is -0.129. The second-order valence-electron chi connectivity index (χ2n) is 21.7. The Hall–Kier alpha value is -8.09. The smallest absolute Gasteiger partial charge is 0.314 e. The number of aromatic nitrogens is 2. The molecule has 1 aromatic heterocycles. The normalized spacial score (nSPS) is 18.0. The molecule has 3 heterocycles. The Balaban J connectivity index is 0.872. The predicted octanol–water partition coefficient (Wildman–Crippen LogP) is 10.4. The molecule has 9 rings (SSSR count). The number of anilines is 3. The molecule has 17 nitrogen and oxygen atoms in total. The van der Waals surface area contributed by atoms with E-state index in [0.29, 0.717) is 40.6 Å². The van der Waals surface area contributed by atoms with Crippen LogP contribution >= 0.6 is 34.8 Å². The molecule has 7 aromatic rings. The highest BCUT2D eigenvalue weighted by atomic mass is 35.5. The van der Waals surface area contributed by atoms with Gasteiger partial charge in [-0.1, -0.05) is 98.0 Å². The van der Waals surface area contributed by atoms with Crippen LogP contribution in [0.2, 0.25) is 15.1 Å². The Morgan fingerprint density at radius 3 is 2.35 bits per heavy atom. The Morgan fingerprint density at radius 1 is 0.904 bits per heavy atom. The Bertz CT molecular complexity index is 3750. The lowest BCUT2D eigenvalue weighted by Gasteiger charge is -2.37. The van der Waals surface area contributed by atoms with E-state index in [0.717, 1.165) is 6.07 Å². The van der Waals surface area contributed by atoms with Crippen LogP contribution in [0.25, 0.3) is 32.8 Å². The SMILES string of the molecule is COc1cc(C(=O)NCCN(C)C(=O)CCNc2nc(N3CCN(C(N)=O)CC3)c3cc(Cl)c(-c4cc(O)cc5ccccc45)c(F)c3n2)ccc1NC(=O)[C@@H]1N[C@@H](CC(C)(C)C)[C@](C#N)(c2ccc(Cl)cc2F)[C@H]1c1cccc(Cl)c1F. The second kappa shape index (κ2) is 24.4. The molecule has 2 saturated heterocycles. The molecule has 6 aromatic carbocycles. The second-order valence-corrected chi connectivity index (χ2v) is 22.9. The number of amides is 5. The zero-order valence-corrected chi connectivity index (χ0v) is 48.1. The van der Waals surface area contributed by atoms with Crippen molar-refractivity contribution in [1.82, 2.24) is 30.4 Å². The first kappa shape index (κ1) is 59.5. The van der Waals surface area contributed by atoms with Crippen molar-refractivity contribution in [1.29, 1.82) is 5.26 Å². The number of phenols is 1. The van der Waals surface area contributed by atoms with Crippen molar-refractivity contribution < 1.29 is 42.2 Å². The van der Waals surface area contributed by atoms with Crippen molar-refractivity contribution in [3.8, 4) is 28.7 Å². The zero-order valence-electron chi connectivity index (χ0n) is 45.9. The van der Waals surface area contributed by atoms with Gasteiger partial charge in [0.15, 0.2) is 5.82 Å². The molecular formula is C60H59Cl3F3N11O6. The molecule has 0 aliphatic carbocycles. The molecule has 83 heavy (non-hydrogen) atoms. The largest absolute Gasteiger partial charge is 0.508 e. The number of nitriles is 1. The van der Waals surface area contributed by atoms with Crippen LogP contribution in [0.4, 0.5) is 35.4 Å². The van der Waals surface area contributed by atoms with Gasteiger partial charge in [-0.25, -0.2) is 22.9 Å². The standard InChI is InChI=1S/C60H59Cl3F3N11O6/c1-59(2,3)30-46-60(31-67,40-15-14-34(61)27-43(40)64)49(37-11-8-12-41(62)50(37)65)53(72-46)56(81)71-44-16-13-33(26-45(44)83-5)55(80)69-19-20-75(4)47(79)17-18-70-58-73-52-39(54(74-58)76-21-23-77(24-22-76)57(68)82)29-42(63)48(51(52)66)38-28-35(78)25-32-9-6-7-10-36(32)38/h6-16,25-29,46,49,53,72,78H,17-24,30H2,1-5H3,(H2,68,82)(H,69,80)(H,71,81)(H,70,73,74)/t46-,49-,53+,60-/m0/s1. The fourth-order valence-corrected chi connectivity index (χ4v) is 11.8. The number of hydrogen-bond donors (Lipinski definition) is 6. The Kier molecular flexibility index (Phi) is 17.5. The van der Waals surface area contributed by atoms with Crippen LogP contribution in [0.3, 0.4) is 0 Å². The van der Waals surface area contributed by atoms with Gasteiger partial charge in [-0.05, 0) is 88.3 Å². The van der Waals surface area contributed by atoms with Crippen LogP contribution in [0.5, 0.6) is 11.5 Å². The molecule has 5 amide bonds. The van der Waals surface area contributed by atoms with Crippen molar-refractivity contribution in [2.45, 2.75) is 57.0 Å². The van der Waals surface area contributed by atoms with E-state index < -0.39 is 64.1 Å². The molecule has 432 valence electrons. The number of aromatic hydroxyl groups is 1. The van der Waals surface area contributed by atoms with Crippen LogP contribution < -0.4 is 36.6 Å². The lowest BCUT2D eigenvalue weighted by Crippen LogP contribution is -2.50. The van der Waals surface area contributed by atoms with E-state index in [1.54, 1.807) is 43.4 Å². The molecule has 23 heteroatoms. The highest BCUT2D eigenvalue weighted by Gasteiger charge is 2.61. The fraction of sp³-hybridized carbons (Fsp3) is 0.317. The number of nitrogens with one attached hydrogen (secondary N) is 4. The number of nitrogens with zero attached hydrogens (tertiary/aromatic N) is 6. The molecule has 0 bridgehead atoms. The molecule has 2 fully saturated rings. The first-order valence-corrected chi connectivity index (χ1v) is 27.7. The number of halogens is 6. The summed E-state index contributed by atoms with van der Waals surface area (Å²) in [6.45, 7) is 7.17. The predicted molar refractivity (Wildman–Crippen MR) is 315 cm³/mol. The van der Waals surface area contributed by atoms with Gasteiger partial charge in [-0.15, -0.1) is 0 Å². The van der Waals surface area contributed by atoms with Crippen molar-refractivity contribution >= 4 is 97.7 Å². The quantitative estimate of drug-likeness (QED) is 0.0531. The molecule has 2 aliphatic heterocycles. The van der Waals surface area contributed by atoms with Crippen molar-refractivity contribution in [3.05, 3.63) is 146 Å². The van der Waals surface area contributed by atoms with Crippen LogP contribution in [0.1, 0.15) is 61.0 Å². The van der Waals surface area contributed by atoms with E-state index >= 15 is 13.2 Å². The Labute approximate surface area is 491 Å². The number of benzene rings is 6. The number of nitrogens with two attached hydrogens (primary N) is 1. The van der Waals surface area contributed by atoms with Crippen molar-refractivity contribution in [2.75, 3.05) is 75.5 Å². The number of methoxy groups -OCH3 is 1. The number of carbonyl (C=O) groups excluding carboxylic acids is 4. The lowest BCUT2D eigenvalue weighted by atomic mass is 9.62. The van der Waals surface area contributed by atoms with E-state index in [-0.39, 0.29) is 117 Å². The minimum absolute atomic E-state index is 0.0189. The minimum atomic E-state index is -1.86. The average molecular weight is 1190 g/mol. The number of ether oxygens (including phenoxy) is 1. The zero-order chi connectivity index (χ0) is 59.7. The van der Waals surface area contributed by atoms with Gasteiger partial charge in [0.2, 0.25) is 17.8 Å². The van der Waals surface area contributed by atoms with Gasteiger partial charge < -0.3 is 51.5 Å². The summed E-state index contributed by atoms with van der Waals surface area (Å²) in [4.78, 5) is 67.7. The number of phenolic OH excluding ortho intramolecular Hbond substituents is 1. The number of carbonyl (C=O) groups is 4. The highest BCUT2D eigenvalue weighted by molar-refractivity contribution is 6.35. The Morgan fingerprint density at radius 2 is 1.65 bits per heavy atom. The average Bonchev–Trinajstić information content (AvgIpc) is 3.93. The van der Waals surface area contributed by atoms with Crippen LogP contribution in [-0.2, 0) is 15.0 Å². The third kappa shape index (κ3) is 12.2. The minimum Gasteiger partial charge on any atom is -0.508 e. The van der Waals surface area contributed by atoms with Crippen molar-refractivity contribution in [3.63, 3.8) is 0 Å². The summed E-state index contributed by atoms with van der Waals surface area (Å²) in [5.41, 5.74) is 3.65. The number of fused-ring (bicyclic) bond motifs is 2. The van der Waals surface area contributed by atoms with Gasteiger partial charge in [-0.3, -0.25) is 14.4 Å². The topological polar surface area (TPSA) is 231 Å². The number of rotatable bonds is 16. The number of piperazine rings is 1. The monoisotopic (exact) mass is 1190 g/mol. The summed E-state index contributed by atoms with van der Waals surface area (Å²) in [6, 6.07) is 23.7. The van der Waals surface area contributed by atoms with Crippen LogP contribution in [-0.4, -0.2) is 121 Å². The number of hydrogen-bond acceptors (Lipinski definition) is 12. The maximum absolute atomic E-state index is 17.1. The summed E-state index contributed by atoms with van der Waals surface area (Å²) >= 11 is 19.4. The van der Waals surface area contributed by atoms with Gasteiger partial charge in [0.05, 0.1) is 35.0 Å². The van der Waals surface area contributed by atoms with E-state index in [1.807, 2.05) is 25.7 Å². The van der Waals surface area contributed by atoms with E-state index in [9.17, 15) is 29.5 Å². The molecular weight excluding hydrogens is 1130 g/mol. The molecule has 0 spiro atoms. The maximum Gasteiger partial charge on any atom is 0.314 e. The molecule has 7 N–H and O–H groups in total. The highest BCUT2D eigenvalue weighted by Crippen LogP contribution is 2.53. The third-order valence-corrected chi connectivity index (χ3v) is 15.9. The summed E-state index contributed by atoms with van der Waals surface area (Å²) in [7, 11) is 2.91. The molecule has 0 saturated carbocycles. The molecule has 2 aliphatic rings. The van der Waals surface area contributed by atoms with Crippen molar-refractivity contribution in [2.24, 2.45) is 11.1 Å². The molecule has 0 unspecified atom stereocenters. The van der Waals surface area contributed by atoms with E-state index in [2.05, 4.69) is 32.3 Å². The van der Waals surface area contributed by atoms with Crippen LogP contribution in [0, 0.1) is 34.2 Å². The van der Waals surface area contributed by atoms with E-state index in [4.69, 9.17) is 50.3 Å². The van der Waals surface area contributed by atoms with Gasteiger partial charge in [-0.2, -0.15) is 10.2 Å². The van der Waals surface area contributed by atoms with Gasteiger partial charge in [0, 0.05) is 98.3 Å². The third-order valence-electron chi connectivity index (χ3n) is 15.1. The van der Waals surface area contributed by atoms with Gasteiger partial charge in [0.25, 0.3) is 5.91 Å². The number of urea groups is 1. The van der Waals surface area contributed by atoms with Gasteiger partial charge in [0.1, 0.15) is 39.9 Å². The first-order chi connectivity index (χ1) is 39.5. The first-order valence-electron chi connectivity index (χ1n) is 26.6. The number of likely N-dealkylation sites (N-methyl/N-ethyl adjacent to an activating group) is 1. The molecule has 0 radical (unpaired) electrons. The summed E-state index contributed by atoms with van der Waals surface area (Å²) in [5.74, 6) is -4.95. The summed E-state index contributed by atoms with van der Waals surface area (Å²) < 4.78 is 55.1. The van der Waals surface area contributed by atoms with Crippen LogP contribution in [0.15, 0.2) is 97.1 Å². The fourth-order valence-electron chi connectivity index (χ4n) is 11.1. The number of primary amides is 1.